The van der Waals surface area contributed by atoms with Gasteiger partial charge in [-0.15, -0.1) is 0 Å². The first-order valence-corrected chi connectivity index (χ1v) is 10.6. The minimum atomic E-state index is 0.375. The van der Waals surface area contributed by atoms with E-state index in [0.717, 1.165) is 53.4 Å². The molecule has 0 radical (unpaired) electrons. The number of aromatic amines is 1. The molecule has 0 aliphatic carbocycles. The van der Waals surface area contributed by atoms with E-state index >= 15 is 0 Å². The Morgan fingerprint density at radius 3 is 2.80 bits per heavy atom. The van der Waals surface area contributed by atoms with Gasteiger partial charge in [-0.1, -0.05) is 0 Å². The molecule has 8 heteroatoms. The van der Waals surface area contributed by atoms with Crippen LogP contribution < -0.4 is 10.6 Å². The van der Waals surface area contributed by atoms with Crippen LogP contribution in [0.15, 0.2) is 30.5 Å². The van der Waals surface area contributed by atoms with E-state index in [1.807, 2.05) is 31.3 Å². The fraction of sp³-hybridized carbons (Fsp3) is 0.455. The van der Waals surface area contributed by atoms with Gasteiger partial charge in [0.1, 0.15) is 11.6 Å². The van der Waals surface area contributed by atoms with Crippen LogP contribution in [-0.2, 0) is 0 Å². The lowest BCUT2D eigenvalue weighted by Gasteiger charge is -2.39. The van der Waals surface area contributed by atoms with Gasteiger partial charge < -0.3 is 10.6 Å². The highest BCUT2D eigenvalue weighted by Gasteiger charge is 2.40. The number of hydrogen-bond donors (Lipinski definition) is 3. The molecule has 2 saturated heterocycles. The molecule has 3 aromatic heterocycles. The van der Waals surface area contributed by atoms with Crippen LogP contribution in [0.3, 0.4) is 0 Å². The number of nitriles is 1. The van der Waals surface area contributed by atoms with E-state index in [4.69, 9.17) is 10.2 Å². The lowest BCUT2D eigenvalue weighted by molar-refractivity contribution is 0.136. The van der Waals surface area contributed by atoms with Crippen LogP contribution >= 0.6 is 0 Å². The minimum Gasteiger partial charge on any atom is -0.367 e. The summed E-state index contributed by atoms with van der Waals surface area (Å²) in [5.74, 6) is 2.33. The summed E-state index contributed by atoms with van der Waals surface area (Å²) in [6, 6.07) is 11.7. The maximum absolute atomic E-state index is 8.95. The second kappa shape index (κ2) is 7.92. The summed E-state index contributed by atoms with van der Waals surface area (Å²) in [6.45, 7) is 2.87. The van der Waals surface area contributed by atoms with Crippen LogP contribution in [0.5, 0.6) is 0 Å². The van der Waals surface area contributed by atoms with Crippen LogP contribution in [0.2, 0.25) is 0 Å². The van der Waals surface area contributed by atoms with Crippen molar-refractivity contribution in [1.82, 2.24) is 25.1 Å². The molecule has 0 amide bonds. The smallest absolute Gasteiger partial charge is 0.153 e. The van der Waals surface area contributed by atoms with Gasteiger partial charge in [-0.05, 0) is 44.7 Å². The highest BCUT2D eigenvalue weighted by Crippen LogP contribution is 2.37. The third kappa shape index (κ3) is 3.68. The molecule has 2 aliphatic rings. The van der Waals surface area contributed by atoms with Crippen LogP contribution in [0.25, 0.3) is 10.9 Å². The summed E-state index contributed by atoms with van der Waals surface area (Å²) in [5, 5.41) is 24.2. The molecule has 154 valence electrons. The van der Waals surface area contributed by atoms with E-state index in [1.54, 1.807) is 0 Å². The molecule has 0 saturated carbocycles. The Labute approximate surface area is 175 Å². The fourth-order valence-corrected chi connectivity index (χ4v) is 4.99. The first kappa shape index (κ1) is 18.8. The SMILES string of the molecule is Cc1cc(Nc2cc3ncccc3c(NC3CC4CC[C@H](C3)N4CCC#N)n2)n[nH]1. The first-order chi connectivity index (χ1) is 14.7. The molecule has 5 rings (SSSR count). The number of nitrogens with zero attached hydrogens (tertiary/aromatic N) is 5. The van der Waals surface area contributed by atoms with Crippen molar-refractivity contribution in [2.45, 2.75) is 57.2 Å². The Kier molecular flexibility index (Phi) is 4.97. The maximum atomic E-state index is 8.95. The monoisotopic (exact) mass is 402 g/mol. The van der Waals surface area contributed by atoms with Gasteiger partial charge >= 0.3 is 0 Å². The summed E-state index contributed by atoms with van der Waals surface area (Å²) < 4.78 is 0. The lowest BCUT2D eigenvalue weighted by Crippen LogP contribution is -2.47. The van der Waals surface area contributed by atoms with Gasteiger partial charge in [0.05, 0.1) is 11.6 Å². The standard InChI is InChI=1S/C22H26N8/c1-14-10-21(29-28-14)26-20-13-19-18(4-2-8-24-19)22(27-20)25-15-11-16-5-6-17(12-15)30(16)9-3-7-23/h2,4,8,10,13,15-17H,3,5-6,9,11-12H2,1H3,(H3,25,26,27,28,29)/t15?,16-,17?/m1/s1. The molecule has 2 fully saturated rings. The second-order valence-corrected chi connectivity index (χ2v) is 8.33. The second-order valence-electron chi connectivity index (χ2n) is 8.33. The average molecular weight is 403 g/mol. The zero-order valence-corrected chi connectivity index (χ0v) is 17.1. The molecule has 2 bridgehead atoms. The van der Waals surface area contributed by atoms with Gasteiger partial charge in [-0.2, -0.15) is 10.4 Å². The van der Waals surface area contributed by atoms with Crippen molar-refractivity contribution >= 4 is 28.4 Å². The van der Waals surface area contributed by atoms with Crippen molar-refractivity contribution in [2.24, 2.45) is 0 Å². The number of rotatable bonds is 6. The Morgan fingerprint density at radius 2 is 2.07 bits per heavy atom. The zero-order chi connectivity index (χ0) is 20.5. The Balaban J connectivity index is 1.38. The van der Waals surface area contributed by atoms with Crippen LogP contribution in [0.4, 0.5) is 17.5 Å². The molecule has 0 aromatic carbocycles. The Bertz CT molecular complexity index is 1070. The molecule has 2 aliphatic heterocycles. The number of aromatic nitrogens is 4. The first-order valence-electron chi connectivity index (χ1n) is 10.6. The van der Waals surface area contributed by atoms with Crippen LogP contribution in [0.1, 0.15) is 37.8 Å². The molecular weight excluding hydrogens is 376 g/mol. The normalized spacial score (nSPS) is 23.4. The zero-order valence-electron chi connectivity index (χ0n) is 17.1. The molecule has 3 aromatic rings. The van der Waals surface area contributed by atoms with Crippen molar-refractivity contribution in [2.75, 3.05) is 17.2 Å². The minimum absolute atomic E-state index is 0.375. The van der Waals surface area contributed by atoms with Gasteiger partial charge in [0.2, 0.25) is 0 Å². The number of anilines is 3. The summed E-state index contributed by atoms with van der Waals surface area (Å²) in [6.07, 6.45) is 7.04. The van der Waals surface area contributed by atoms with E-state index in [-0.39, 0.29) is 0 Å². The number of hydrogen-bond acceptors (Lipinski definition) is 7. The highest BCUT2D eigenvalue weighted by atomic mass is 15.2. The molecule has 5 heterocycles. The topological polar surface area (TPSA) is 106 Å². The summed E-state index contributed by atoms with van der Waals surface area (Å²) in [5.41, 5.74) is 1.90. The number of pyridine rings is 2. The number of H-pyrrole nitrogens is 1. The molecule has 3 N–H and O–H groups in total. The fourth-order valence-electron chi connectivity index (χ4n) is 4.99. The van der Waals surface area contributed by atoms with Crippen LogP contribution in [-0.4, -0.2) is 49.7 Å². The van der Waals surface area contributed by atoms with Gasteiger partial charge in [0.25, 0.3) is 0 Å². The average Bonchev–Trinajstić information content (AvgIpc) is 3.25. The van der Waals surface area contributed by atoms with E-state index in [0.29, 0.717) is 24.5 Å². The molecule has 0 spiro atoms. The van der Waals surface area contributed by atoms with E-state index in [1.165, 1.54) is 12.8 Å². The Hall–Kier alpha value is -3.18. The maximum Gasteiger partial charge on any atom is 0.153 e. The van der Waals surface area contributed by atoms with Crippen molar-refractivity contribution in [3.63, 3.8) is 0 Å². The molecule has 30 heavy (non-hydrogen) atoms. The number of fused-ring (bicyclic) bond motifs is 3. The van der Waals surface area contributed by atoms with Gasteiger partial charge in [-0.3, -0.25) is 15.0 Å². The third-order valence-electron chi connectivity index (χ3n) is 6.27. The van der Waals surface area contributed by atoms with Crippen molar-refractivity contribution in [1.29, 1.82) is 5.26 Å². The van der Waals surface area contributed by atoms with Gasteiger partial charge in [-0.25, -0.2) is 4.98 Å². The summed E-state index contributed by atoms with van der Waals surface area (Å²) >= 11 is 0. The third-order valence-corrected chi connectivity index (χ3v) is 6.27. The van der Waals surface area contributed by atoms with E-state index in [2.05, 4.69) is 42.9 Å². The molecule has 8 nitrogen and oxygen atoms in total. The van der Waals surface area contributed by atoms with Crippen molar-refractivity contribution in [3.05, 3.63) is 36.2 Å². The molecule has 2 unspecified atom stereocenters. The number of piperidine rings is 1. The van der Waals surface area contributed by atoms with Crippen LogP contribution in [0, 0.1) is 18.3 Å². The van der Waals surface area contributed by atoms with E-state index in [9.17, 15) is 0 Å². The Morgan fingerprint density at radius 1 is 1.23 bits per heavy atom. The number of nitrogens with one attached hydrogen (secondary N) is 3. The van der Waals surface area contributed by atoms with Crippen molar-refractivity contribution < 1.29 is 0 Å². The van der Waals surface area contributed by atoms with Crippen molar-refractivity contribution in [3.8, 4) is 6.07 Å². The lowest BCUT2D eigenvalue weighted by atomic mass is 9.97. The summed E-state index contributed by atoms with van der Waals surface area (Å²) in [7, 11) is 0. The predicted molar refractivity (Wildman–Crippen MR) is 117 cm³/mol. The van der Waals surface area contributed by atoms with Gasteiger partial charge in [0.15, 0.2) is 5.82 Å². The summed E-state index contributed by atoms with van der Waals surface area (Å²) in [4.78, 5) is 12.0. The quantitative estimate of drug-likeness (QED) is 0.577. The number of aryl methyl sites for hydroxylation is 1. The predicted octanol–water partition coefficient (Wildman–Crippen LogP) is 3.73. The molecular formula is C22H26N8. The van der Waals surface area contributed by atoms with Gasteiger partial charge in [0, 0.05) is 60.5 Å². The highest BCUT2D eigenvalue weighted by molar-refractivity contribution is 5.91. The largest absolute Gasteiger partial charge is 0.367 e. The van der Waals surface area contributed by atoms with E-state index < -0.39 is 0 Å². The molecule has 3 atom stereocenters.